The van der Waals surface area contributed by atoms with Gasteiger partial charge >= 0.3 is 0 Å². The minimum atomic E-state index is -0.106. The van der Waals surface area contributed by atoms with Crippen LogP contribution in [0.1, 0.15) is 11.1 Å². The lowest BCUT2D eigenvalue weighted by molar-refractivity contribution is -0.115. The van der Waals surface area contributed by atoms with Crippen LogP contribution < -0.4 is 5.32 Å². The summed E-state index contributed by atoms with van der Waals surface area (Å²) in [6, 6.07) is 22.3. The summed E-state index contributed by atoms with van der Waals surface area (Å²) in [5.41, 5.74) is 3.04. The second kappa shape index (κ2) is 6.57. The van der Waals surface area contributed by atoms with Gasteiger partial charge in [-0.05, 0) is 53.2 Å². The quantitative estimate of drug-likeness (QED) is 0.662. The smallest absolute Gasteiger partial charge is 0.264 e. The third kappa shape index (κ3) is 3.49. The summed E-state index contributed by atoms with van der Waals surface area (Å²) in [6.45, 7) is 2.04. The summed E-state index contributed by atoms with van der Waals surface area (Å²) in [7, 11) is 0. The number of benzene rings is 3. The van der Waals surface area contributed by atoms with Crippen molar-refractivity contribution in [2.75, 3.05) is 0 Å². The maximum atomic E-state index is 12.2. The van der Waals surface area contributed by atoms with Gasteiger partial charge in [0.15, 0.2) is 5.17 Å². The van der Waals surface area contributed by atoms with E-state index in [1.165, 1.54) is 22.7 Å². The summed E-state index contributed by atoms with van der Waals surface area (Å²) in [5, 5.41) is 5.76. The number of rotatable bonds is 2. The van der Waals surface area contributed by atoms with Crippen molar-refractivity contribution in [3.05, 3.63) is 82.8 Å². The summed E-state index contributed by atoms with van der Waals surface area (Å²) in [6.07, 6.45) is 1.89. The Kier molecular flexibility index (Phi) is 4.12. The number of nitrogens with zero attached hydrogens (tertiary/aromatic N) is 1. The van der Waals surface area contributed by atoms with Crippen LogP contribution in [0.4, 0.5) is 5.69 Å². The maximum Gasteiger partial charge on any atom is 0.264 e. The van der Waals surface area contributed by atoms with Crippen molar-refractivity contribution in [3.8, 4) is 0 Å². The van der Waals surface area contributed by atoms with E-state index in [1.807, 2.05) is 67.6 Å². The SMILES string of the molecule is Cc1ccc(/C=C2/SC(=Nc3ccc4ccccc4c3)NC2=O)cc1. The maximum absolute atomic E-state index is 12.2. The molecule has 0 unspecified atom stereocenters. The van der Waals surface area contributed by atoms with Gasteiger partial charge in [0.05, 0.1) is 10.6 Å². The molecule has 1 heterocycles. The number of nitrogens with one attached hydrogen (secondary N) is 1. The average molecular weight is 344 g/mol. The Bertz CT molecular complexity index is 1020. The van der Waals surface area contributed by atoms with Gasteiger partial charge in [-0.3, -0.25) is 4.79 Å². The van der Waals surface area contributed by atoms with Crippen molar-refractivity contribution in [2.24, 2.45) is 4.99 Å². The minimum Gasteiger partial charge on any atom is -0.300 e. The number of aliphatic imine (C=N–C) groups is 1. The molecule has 0 atom stereocenters. The highest BCUT2D eigenvalue weighted by molar-refractivity contribution is 8.18. The fourth-order valence-electron chi connectivity index (χ4n) is 2.66. The first-order valence-corrected chi connectivity index (χ1v) is 8.84. The standard InChI is InChI=1S/C21H16N2OS/c1-14-6-8-15(9-7-14)12-19-20(24)23-21(25-19)22-18-11-10-16-4-2-3-5-17(16)13-18/h2-13H,1H3,(H,22,23,24)/b19-12+. The van der Waals surface area contributed by atoms with Crippen LogP contribution >= 0.6 is 11.8 Å². The molecular weight excluding hydrogens is 328 g/mol. The molecule has 3 nitrogen and oxygen atoms in total. The van der Waals surface area contributed by atoms with E-state index in [1.54, 1.807) is 0 Å². The Labute approximate surface area is 150 Å². The number of amidine groups is 1. The lowest BCUT2D eigenvalue weighted by Gasteiger charge is -2.00. The molecule has 1 N–H and O–H groups in total. The average Bonchev–Trinajstić information content (AvgIpc) is 2.96. The molecule has 0 aromatic heterocycles. The van der Waals surface area contributed by atoms with Gasteiger partial charge in [-0.25, -0.2) is 4.99 Å². The van der Waals surface area contributed by atoms with Gasteiger partial charge < -0.3 is 5.32 Å². The topological polar surface area (TPSA) is 41.5 Å². The van der Waals surface area contributed by atoms with Crippen LogP contribution in [0.5, 0.6) is 0 Å². The fraction of sp³-hybridized carbons (Fsp3) is 0.0476. The number of fused-ring (bicyclic) bond motifs is 1. The van der Waals surface area contributed by atoms with Gasteiger partial charge in [-0.2, -0.15) is 0 Å². The number of carbonyl (C=O) groups excluding carboxylic acids is 1. The zero-order chi connectivity index (χ0) is 17.2. The molecule has 4 heteroatoms. The first-order valence-electron chi connectivity index (χ1n) is 8.02. The lowest BCUT2D eigenvalue weighted by atomic mass is 10.1. The number of hydrogen-bond donors (Lipinski definition) is 1. The van der Waals surface area contributed by atoms with Crippen molar-refractivity contribution < 1.29 is 4.79 Å². The molecule has 1 fully saturated rings. The Balaban J connectivity index is 1.60. The van der Waals surface area contributed by atoms with Crippen molar-refractivity contribution in [3.63, 3.8) is 0 Å². The van der Waals surface area contributed by atoms with E-state index in [-0.39, 0.29) is 5.91 Å². The minimum absolute atomic E-state index is 0.106. The molecule has 0 radical (unpaired) electrons. The molecule has 1 aliphatic heterocycles. The van der Waals surface area contributed by atoms with Gasteiger partial charge in [0.2, 0.25) is 0 Å². The molecular formula is C21H16N2OS. The zero-order valence-electron chi connectivity index (χ0n) is 13.7. The van der Waals surface area contributed by atoms with E-state index in [0.29, 0.717) is 10.1 Å². The Hall–Kier alpha value is -2.85. The van der Waals surface area contributed by atoms with E-state index in [9.17, 15) is 4.79 Å². The van der Waals surface area contributed by atoms with Crippen LogP contribution in [-0.4, -0.2) is 11.1 Å². The van der Waals surface area contributed by atoms with Crippen molar-refractivity contribution >= 4 is 45.4 Å². The largest absolute Gasteiger partial charge is 0.300 e. The predicted molar refractivity (Wildman–Crippen MR) is 106 cm³/mol. The van der Waals surface area contributed by atoms with Gasteiger partial charge in [0, 0.05) is 0 Å². The monoisotopic (exact) mass is 344 g/mol. The van der Waals surface area contributed by atoms with E-state index in [4.69, 9.17) is 0 Å². The number of carbonyl (C=O) groups is 1. The molecule has 25 heavy (non-hydrogen) atoms. The van der Waals surface area contributed by atoms with Crippen LogP contribution in [0.2, 0.25) is 0 Å². The van der Waals surface area contributed by atoms with E-state index in [2.05, 4.69) is 22.4 Å². The predicted octanol–water partition coefficient (Wildman–Crippen LogP) is 5.04. The highest BCUT2D eigenvalue weighted by Crippen LogP contribution is 2.29. The molecule has 1 amide bonds. The van der Waals surface area contributed by atoms with Gasteiger partial charge in [-0.15, -0.1) is 0 Å². The second-order valence-electron chi connectivity index (χ2n) is 5.92. The molecule has 1 aliphatic rings. The first-order chi connectivity index (χ1) is 12.2. The van der Waals surface area contributed by atoms with Gasteiger partial charge in [-0.1, -0.05) is 60.2 Å². The molecule has 0 bridgehead atoms. The zero-order valence-corrected chi connectivity index (χ0v) is 14.5. The summed E-state index contributed by atoms with van der Waals surface area (Å²) in [4.78, 5) is 17.4. The van der Waals surface area contributed by atoms with Gasteiger partial charge in [0.1, 0.15) is 0 Å². The highest BCUT2D eigenvalue weighted by atomic mass is 32.2. The van der Waals surface area contributed by atoms with Crippen LogP contribution in [0.3, 0.4) is 0 Å². The van der Waals surface area contributed by atoms with E-state index < -0.39 is 0 Å². The number of hydrogen-bond acceptors (Lipinski definition) is 3. The van der Waals surface area contributed by atoms with E-state index in [0.717, 1.165) is 16.6 Å². The van der Waals surface area contributed by atoms with Gasteiger partial charge in [0.25, 0.3) is 5.91 Å². The number of amides is 1. The summed E-state index contributed by atoms with van der Waals surface area (Å²) >= 11 is 1.37. The molecule has 122 valence electrons. The molecule has 3 aromatic carbocycles. The van der Waals surface area contributed by atoms with Crippen molar-refractivity contribution in [2.45, 2.75) is 6.92 Å². The Morgan fingerprint density at radius 3 is 2.52 bits per heavy atom. The first kappa shape index (κ1) is 15.7. The summed E-state index contributed by atoms with van der Waals surface area (Å²) < 4.78 is 0. The second-order valence-corrected chi connectivity index (χ2v) is 6.95. The molecule has 0 aliphatic carbocycles. The lowest BCUT2D eigenvalue weighted by Crippen LogP contribution is -2.19. The third-order valence-corrected chi connectivity index (χ3v) is 4.90. The Morgan fingerprint density at radius 2 is 1.72 bits per heavy atom. The van der Waals surface area contributed by atoms with Crippen LogP contribution in [0.15, 0.2) is 76.6 Å². The Morgan fingerprint density at radius 1 is 0.960 bits per heavy atom. The molecule has 3 aromatic rings. The number of thioether (sulfide) groups is 1. The highest BCUT2D eigenvalue weighted by Gasteiger charge is 2.23. The third-order valence-electron chi connectivity index (χ3n) is 3.99. The van der Waals surface area contributed by atoms with Crippen molar-refractivity contribution in [1.82, 2.24) is 5.32 Å². The number of aryl methyl sites for hydroxylation is 1. The molecule has 0 saturated carbocycles. The van der Waals surface area contributed by atoms with Crippen LogP contribution in [-0.2, 0) is 4.79 Å². The fourth-order valence-corrected chi connectivity index (χ4v) is 3.50. The molecule has 1 saturated heterocycles. The summed E-state index contributed by atoms with van der Waals surface area (Å²) in [5.74, 6) is -0.106. The van der Waals surface area contributed by atoms with Crippen molar-refractivity contribution in [1.29, 1.82) is 0 Å². The van der Waals surface area contributed by atoms with Crippen LogP contribution in [0, 0.1) is 6.92 Å². The van der Waals surface area contributed by atoms with E-state index >= 15 is 0 Å². The normalized spacial score (nSPS) is 17.4. The van der Waals surface area contributed by atoms with Crippen LogP contribution in [0.25, 0.3) is 16.8 Å². The molecule has 4 rings (SSSR count). The molecule has 0 spiro atoms.